The first-order chi connectivity index (χ1) is 10.1. The number of imide groups is 1. The number of nitrogens with zero attached hydrogens (tertiary/aromatic N) is 1. The molecule has 0 aromatic carbocycles. The quantitative estimate of drug-likeness (QED) is 0.619. The molecule has 0 spiro atoms. The molecule has 0 bridgehead atoms. The Morgan fingerprint density at radius 1 is 1.00 bits per heavy atom. The lowest BCUT2D eigenvalue weighted by molar-refractivity contribution is -0.156. The Morgan fingerprint density at radius 2 is 1.59 bits per heavy atom. The second-order valence-corrected chi connectivity index (χ2v) is 7.80. The van der Waals surface area contributed by atoms with Crippen LogP contribution in [0.4, 0.5) is 0 Å². The second-order valence-electron chi connectivity index (χ2n) is 7.80. The van der Waals surface area contributed by atoms with Crippen LogP contribution in [-0.2, 0) is 14.4 Å². The highest BCUT2D eigenvalue weighted by molar-refractivity contribution is 6.06. The zero-order chi connectivity index (χ0) is 16.4. The number of hydrogen-bond donors (Lipinski definition) is 2. The van der Waals surface area contributed by atoms with Crippen molar-refractivity contribution in [2.75, 3.05) is 0 Å². The van der Waals surface area contributed by atoms with E-state index in [0.717, 1.165) is 0 Å². The summed E-state index contributed by atoms with van der Waals surface area (Å²) in [6.07, 6.45) is -1.32. The molecule has 3 rings (SSSR count). The van der Waals surface area contributed by atoms with Crippen molar-refractivity contribution >= 4 is 17.6 Å². The molecule has 2 N–H and O–H groups in total. The molecule has 0 aromatic rings. The van der Waals surface area contributed by atoms with Crippen molar-refractivity contribution < 1.29 is 24.6 Å². The molecule has 1 aliphatic heterocycles. The van der Waals surface area contributed by atoms with Crippen molar-refractivity contribution in [1.29, 1.82) is 0 Å². The van der Waals surface area contributed by atoms with Gasteiger partial charge in [-0.15, -0.1) is 0 Å². The molecule has 22 heavy (non-hydrogen) atoms. The number of Topliss-reactive ketones (excluding diaryl/α,β-unsaturated/α-hetero) is 1. The van der Waals surface area contributed by atoms with Gasteiger partial charge >= 0.3 is 0 Å². The predicted molar refractivity (Wildman–Crippen MR) is 76.4 cm³/mol. The first-order valence-electron chi connectivity index (χ1n) is 7.91. The number of aliphatic hydroxyl groups is 2. The number of ketones is 1. The fourth-order valence-electron chi connectivity index (χ4n) is 4.51. The van der Waals surface area contributed by atoms with Gasteiger partial charge in [0.15, 0.2) is 0 Å². The molecule has 0 radical (unpaired) electrons. The average Bonchev–Trinajstić information content (AvgIpc) is 2.67. The van der Waals surface area contributed by atoms with Gasteiger partial charge in [-0.2, -0.15) is 0 Å². The maximum Gasteiger partial charge on any atom is 0.233 e. The van der Waals surface area contributed by atoms with Crippen molar-refractivity contribution in [3.63, 3.8) is 0 Å². The highest BCUT2D eigenvalue weighted by Gasteiger charge is 2.61. The molecule has 1 saturated heterocycles. The van der Waals surface area contributed by atoms with E-state index >= 15 is 0 Å². The minimum atomic E-state index is -1.14. The molecule has 1 heterocycles. The van der Waals surface area contributed by atoms with E-state index in [1.165, 1.54) is 4.90 Å². The minimum Gasteiger partial charge on any atom is -0.390 e. The number of carbonyl (C=O) groups excluding carboxylic acids is 3. The largest absolute Gasteiger partial charge is 0.390 e. The molecule has 3 fully saturated rings. The summed E-state index contributed by atoms with van der Waals surface area (Å²) in [5, 5.41) is 20.3. The third-order valence-electron chi connectivity index (χ3n) is 5.43. The lowest BCUT2D eigenvalue weighted by Gasteiger charge is -2.44. The Kier molecular flexibility index (Phi) is 3.45. The van der Waals surface area contributed by atoms with Crippen LogP contribution in [0, 0.1) is 23.7 Å². The molecule has 2 aliphatic carbocycles. The van der Waals surface area contributed by atoms with Gasteiger partial charge in [-0.05, 0) is 33.6 Å². The summed E-state index contributed by atoms with van der Waals surface area (Å²) in [4.78, 5) is 38.9. The first-order valence-corrected chi connectivity index (χ1v) is 7.91. The number of amides is 2. The zero-order valence-electron chi connectivity index (χ0n) is 13.2. The van der Waals surface area contributed by atoms with Gasteiger partial charge in [0.1, 0.15) is 5.78 Å². The molecule has 122 valence electrons. The Hall–Kier alpha value is -1.27. The summed E-state index contributed by atoms with van der Waals surface area (Å²) in [5.74, 6) is -2.83. The maximum atomic E-state index is 12.8. The van der Waals surface area contributed by atoms with Gasteiger partial charge in [0.05, 0.1) is 24.0 Å². The summed E-state index contributed by atoms with van der Waals surface area (Å²) in [5.41, 5.74) is -0.622. The topological polar surface area (TPSA) is 94.9 Å². The highest BCUT2D eigenvalue weighted by Crippen LogP contribution is 2.50. The number of likely N-dealkylation sites (tertiary alicyclic amines) is 1. The van der Waals surface area contributed by atoms with Gasteiger partial charge in [0.2, 0.25) is 11.8 Å². The normalized spacial score (nSPS) is 42.4. The molecule has 6 heteroatoms. The van der Waals surface area contributed by atoms with E-state index < -0.39 is 41.4 Å². The van der Waals surface area contributed by atoms with Crippen LogP contribution >= 0.6 is 0 Å². The van der Waals surface area contributed by atoms with Gasteiger partial charge in [-0.1, -0.05) is 0 Å². The lowest BCUT2D eigenvalue weighted by atomic mass is 9.60. The van der Waals surface area contributed by atoms with Gasteiger partial charge in [-0.3, -0.25) is 19.3 Å². The van der Waals surface area contributed by atoms with Gasteiger partial charge < -0.3 is 10.2 Å². The summed E-state index contributed by atoms with van der Waals surface area (Å²) < 4.78 is 0. The molecule has 2 saturated carbocycles. The number of fused-ring (bicyclic) bond motifs is 3. The number of carbonyl (C=O) groups is 3. The Morgan fingerprint density at radius 3 is 2.18 bits per heavy atom. The maximum absolute atomic E-state index is 12.8. The second kappa shape index (κ2) is 4.86. The van der Waals surface area contributed by atoms with Crippen LogP contribution in [0.3, 0.4) is 0 Å². The van der Waals surface area contributed by atoms with Crippen LogP contribution in [0.2, 0.25) is 0 Å². The molecular weight excluding hydrogens is 286 g/mol. The number of rotatable bonds is 0. The molecule has 6 nitrogen and oxygen atoms in total. The minimum absolute atomic E-state index is 0.0646. The third kappa shape index (κ3) is 2.04. The molecule has 3 aliphatic rings. The van der Waals surface area contributed by atoms with E-state index in [2.05, 4.69) is 0 Å². The van der Waals surface area contributed by atoms with Crippen LogP contribution in [0.25, 0.3) is 0 Å². The van der Waals surface area contributed by atoms with Crippen LogP contribution in [0.1, 0.15) is 40.0 Å². The van der Waals surface area contributed by atoms with Crippen LogP contribution in [0.5, 0.6) is 0 Å². The Bertz CT molecular complexity index is 537. The van der Waals surface area contributed by atoms with E-state index in [0.29, 0.717) is 12.8 Å². The van der Waals surface area contributed by atoms with Crippen molar-refractivity contribution in [2.24, 2.45) is 23.7 Å². The summed E-state index contributed by atoms with van der Waals surface area (Å²) >= 11 is 0. The van der Waals surface area contributed by atoms with Crippen LogP contribution in [-0.4, -0.2) is 50.5 Å². The van der Waals surface area contributed by atoms with Gasteiger partial charge in [0, 0.05) is 23.8 Å². The van der Waals surface area contributed by atoms with E-state index in [-0.39, 0.29) is 24.0 Å². The summed E-state index contributed by atoms with van der Waals surface area (Å²) in [6.45, 7) is 5.40. The fraction of sp³-hybridized carbons (Fsp3) is 0.812. The number of hydrogen-bond acceptors (Lipinski definition) is 5. The fourth-order valence-corrected chi connectivity index (χ4v) is 4.51. The highest BCUT2D eigenvalue weighted by atomic mass is 16.3. The molecule has 6 atom stereocenters. The molecule has 0 unspecified atom stereocenters. The van der Waals surface area contributed by atoms with Crippen LogP contribution < -0.4 is 0 Å². The molecule has 0 aromatic heterocycles. The third-order valence-corrected chi connectivity index (χ3v) is 5.43. The zero-order valence-corrected chi connectivity index (χ0v) is 13.2. The van der Waals surface area contributed by atoms with E-state index in [9.17, 15) is 24.6 Å². The van der Waals surface area contributed by atoms with E-state index in [1.807, 2.05) is 0 Å². The average molecular weight is 309 g/mol. The predicted octanol–water partition coefficient (Wildman–Crippen LogP) is 0.107. The summed E-state index contributed by atoms with van der Waals surface area (Å²) in [6, 6.07) is 0. The van der Waals surface area contributed by atoms with E-state index in [1.54, 1.807) is 20.8 Å². The Balaban J connectivity index is 2.00. The SMILES string of the molecule is CC(C)(C)N1C(=O)[C@H]2[C@@H]3[C@H](O)[C@H](O)CC(=O)[C@H]3CC[C@H]2C1=O. The number of aliphatic hydroxyl groups excluding tert-OH is 2. The van der Waals surface area contributed by atoms with Gasteiger partial charge in [-0.25, -0.2) is 0 Å². The first kappa shape index (κ1) is 15.6. The molecule has 2 amide bonds. The van der Waals surface area contributed by atoms with Crippen molar-refractivity contribution in [3.8, 4) is 0 Å². The smallest absolute Gasteiger partial charge is 0.233 e. The monoisotopic (exact) mass is 309 g/mol. The van der Waals surface area contributed by atoms with Crippen molar-refractivity contribution in [1.82, 2.24) is 4.90 Å². The van der Waals surface area contributed by atoms with Crippen LogP contribution in [0.15, 0.2) is 0 Å². The van der Waals surface area contributed by atoms with Crippen molar-refractivity contribution in [2.45, 2.75) is 57.8 Å². The van der Waals surface area contributed by atoms with E-state index in [4.69, 9.17) is 0 Å². The lowest BCUT2D eigenvalue weighted by Crippen LogP contribution is -2.54. The standard InChI is InChI=1S/C16H23NO5/c1-16(2,3)17-14(21)8-5-4-7-9(18)6-10(19)13(20)11(7)12(8)15(17)22/h7-8,10-13,19-20H,4-6H2,1-3H3/t7-,8-,10-,11-,12-,13-/m1/s1. The summed E-state index contributed by atoms with van der Waals surface area (Å²) in [7, 11) is 0. The van der Waals surface area contributed by atoms with Crippen molar-refractivity contribution in [3.05, 3.63) is 0 Å². The Labute approximate surface area is 129 Å². The van der Waals surface area contributed by atoms with Gasteiger partial charge in [0.25, 0.3) is 0 Å². The molecular formula is C16H23NO5.